The zero-order valence-electron chi connectivity index (χ0n) is 6.18. The van der Waals surface area contributed by atoms with Crippen molar-refractivity contribution in [3.63, 3.8) is 0 Å². The lowest BCUT2D eigenvalue weighted by Crippen LogP contribution is -2.42. The molecule has 2 atom stereocenters. The van der Waals surface area contributed by atoms with E-state index in [1.54, 1.807) is 0 Å². The Morgan fingerprint density at radius 3 is 2.80 bits per heavy atom. The highest BCUT2D eigenvalue weighted by Crippen LogP contribution is 2.20. The Kier molecular flexibility index (Phi) is 1.96. The number of ether oxygens (including phenoxy) is 1. The van der Waals surface area contributed by atoms with Crippen LogP contribution in [0.4, 0.5) is 0 Å². The van der Waals surface area contributed by atoms with Gasteiger partial charge in [0, 0.05) is 6.42 Å². The second-order valence-electron chi connectivity index (χ2n) is 2.32. The first-order valence-electron chi connectivity index (χ1n) is 3.44. The molecule has 1 aliphatic heterocycles. The van der Waals surface area contributed by atoms with Crippen molar-refractivity contribution in [3.8, 4) is 11.8 Å². The Labute approximate surface area is 60.6 Å². The van der Waals surface area contributed by atoms with Gasteiger partial charge in [0.15, 0.2) is 6.10 Å². The first kappa shape index (κ1) is 7.14. The van der Waals surface area contributed by atoms with Gasteiger partial charge in [-0.2, -0.15) is 0 Å². The first-order chi connectivity index (χ1) is 4.75. The molecule has 0 radical (unpaired) electrons. The molecule has 1 heterocycles. The normalized spacial score (nSPS) is 29.6. The maximum Gasteiger partial charge on any atom is 0.314 e. The topological polar surface area (TPSA) is 26.3 Å². The lowest BCUT2D eigenvalue weighted by atomic mass is 10.00. The summed E-state index contributed by atoms with van der Waals surface area (Å²) in [4.78, 5) is 10.5. The van der Waals surface area contributed by atoms with Crippen LogP contribution in [0.2, 0.25) is 0 Å². The molecule has 2 nitrogen and oxygen atoms in total. The molecule has 0 unspecified atom stereocenters. The van der Waals surface area contributed by atoms with Crippen LogP contribution in [0, 0.1) is 17.8 Å². The van der Waals surface area contributed by atoms with E-state index < -0.39 is 0 Å². The van der Waals surface area contributed by atoms with Gasteiger partial charge < -0.3 is 4.74 Å². The van der Waals surface area contributed by atoms with E-state index in [-0.39, 0.29) is 18.0 Å². The van der Waals surface area contributed by atoms with Crippen molar-refractivity contribution in [2.75, 3.05) is 0 Å². The van der Waals surface area contributed by atoms with Gasteiger partial charge in [-0.3, -0.25) is 4.79 Å². The van der Waals surface area contributed by atoms with Gasteiger partial charge >= 0.3 is 5.97 Å². The van der Waals surface area contributed by atoms with E-state index in [1.807, 2.05) is 13.8 Å². The molecular weight excluding hydrogens is 128 g/mol. The van der Waals surface area contributed by atoms with E-state index in [4.69, 9.17) is 4.74 Å². The van der Waals surface area contributed by atoms with Crippen LogP contribution in [0.15, 0.2) is 0 Å². The Morgan fingerprint density at radius 1 is 1.70 bits per heavy atom. The summed E-state index contributed by atoms with van der Waals surface area (Å²) in [5.41, 5.74) is 0. The average Bonchev–Trinajstić information content (AvgIpc) is 1.97. The second-order valence-corrected chi connectivity index (χ2v) is 2.32. The van der Waals surface area contributed by atoms with Gasteiger partial charge in [-0.15, -0.1) is 0 Å². The third kappa shape index (κ3) is 1.13. The molecule has 2 heteroatoms. The van der Waals surface area contributed by atoms with Crippen LogP contribution >= 0.6 is 0 Å². The number of esters is 1. The zero-order valence-corrected chi connectivity index (χ0v) is 6.18. The molecule has 1 saturated heterocycles. The third-order valence-electron chi connectivity index (χ3n) is 1.49. The Morgan fingerprint density at radius 2 is 2.40 bits per heavy atom. The Hall–Kier alpha value is -0.970. The molecule has 10 heavy (non-hydrogen) atoms. The van der Waals surface area contributed by atoms with Gasteiger partial charge in [-0.25, -0.2) is 0 Å². The van der Waals surface area contributed by atoms with Gasteiger partial charge in [0.1, 0.15) is 5.92 Å². The number of rotatable bonds is 0. The van der Waals surface area contributed by atoms with Gasteiger partial charge in [-0.1, -0.05) is 18.8 Å². The molecule has 1 aliphatic rings. The van der Waals surface area contributed by atoms with Crippen LogP contribution in [-0.4, -0.2) is 12.1 Å². The van der Waals surface area contributed by atoms with Gasteiger partial charge in [0.2, 0.25) is 0 Å². The number of hydrogen-bond donors (Lipinski definition) is 0. The zero-order chi connectivity index (χ0) is 7.56. The van der Waals surface area contributed by atoms with Crippen LogP contribution in [-0.2, 0) is 9.53 Å². The minimum Gasteiger partial charge on any atom is -0.448 e. The minimum absolute atomic E-state index is 0.0148. The van der Waals surface area contributed by atoms with Crippen molar-refractivity contribution < 1.29 is 9.53 Å². The number of carbonyl (C=O) groups is 1. The summed E-state index contributed by atoms with van der Waals surface area (Å²) in [6.45, 7) is 3.80. The lowest BCUT2D eigenvalue weighted by Gasteiger charge is -2.27. The SMILES string of the molecule is CCC#C[C@@H]1OC(=O)[C@@H]1C. The van der Waals surface area contributed by atoms with Gasteiger partial charge in [-0.05, 0) is 6.92 Å². The molecule has 0 aromatic carbocycles. The largest absolute Gasteiger partial charge is 0.448 e. The average molecular weight is 138 g/mol. The van der Waals surface area contributed by atoms with Crippen molar-refractivity contribution in [2.24, 2.45) is 5.92 Å². The predicted octanol–water partition coefficient (Wildman–Crippen LogP) is 0.961. The summed E-state index contributed by atoms with van der Waals surface area (Å²) < 4.78 is 4.74. The fraction of sp³-hybridized carbons (Fsp3) is 0.625. The molecule has 0 aliphatic carbocycles. The molecule has 1 fully saturated rings. The summed E-state index contributed by atoms with van der Waals surface area (Å²) in [5, 5.41) is 0. The van der Waals surface area contributed by atoms with Crippen LogP contribution in [0.25, 0.3) is 0 Å². The van der Waals surface area contributed by atoms with Gasteiger partial charge in [0.25, 0.3) is 0 Å². The molecule has 1 rings (SSSR count). The van der Waals surface area contributed by atoms with Crippen molar-refractivity contribution in [2.45, 2.75) is 26.4 Å². The smallest absolute Gasteiger partial charge is 0.314 e. The fourth-order valence-corrected chi connectivity index (χ4v) is 0.743. The predicted molar refractivity (Wildman–Crippen MR) is 37.1 cm³/mol. The number of hydrogen-bond acceptors (Lipinski definition) is 2. The van der Waals surface area contributed by atoms with E-state index >= 15 is 0 Å². The third-order valence-corrected chi connectivity index (χ3v) is 1.49. The lowest BCUT2D eigenvalue weighted by molar-refractivity contribution is -0.175. The number of cyclic esters (lactones) is 1. The van der Waals surface area contributed by atoms with E-state index in [9.17, 15) is 4.79 Å². The van der Waals surface area contributed by atoms with E-state index in [0.717, 1.165) is 6.42 Å². The van der Waals surface area contributed by atoms with Crippen LogP contribution in [0.5, 0.6) is 0 Å². The summed E-state index contributed by atoms with van der Waals surface area (Å²) in [7, 11) is 0. The highest BCUT2D eigenvalue weighted by atomic mass is 16.6. The van der Waals surface area contributed by atoms with Crippen molar-refractivity contribution in [1.82, 2.24) is 0 Å². The summed E-state index contributed by atoms with van der Waals surface area (Å²) in [6.07, 6.45) is 0.688. The van der Waals surface area contributed by atoms with Crippen LogP contribution in [0.1, 0.15) is 20.3 Å². The van der Waals surface area contributed by atoms with E-state index in [1.165, 1.54) is 0 Å². The monoisotopic (exact) mass is 138 g/mol. The Bertz CT molecular complexity index is 197. The van der Waals surface area contributed by atoms with Crippen molar-refractivity contribution in [3.05, 3.63) is 0 Å². The summed E-state index contributed by atoms with van der Waals surface area (Å²) in [5.74, 6) is 5.59. The molecule has 0 aromatic rings. The minimum atomic E-state index is -0.132. The van der Waals surface area contributed by atoms with Crippen LogP contribution < -0.4 is 0 Å². The maximum atomic E-state index is 10.5. The van der Waals surface area contributed by atoms with Crippen molar-refractivity contribution in [1.29, 1.82) is 0 Å². The Balaban J connectivity index is 2.40. The van der Waals surface area contributed by atoms with E-state index in [0.29, 0.717) is 0 Å². The highest BCUT2D eigenvalue weighted by molar-refractivity contribution is 5.79. The molecule has 0 aromatic heterocycles. The molecule has 0 spiro atoms. The molecule has 0 amide bonds. The number of carbonyl (C=O) groups excluding carboxylic acids is 1. The molecule has 0 N–H and O–H groups in total. The van der Waals surface area contributed by atoms with Crippen LogP contribution in [0.3, 0.4) is 0 Å². The molecule has 0 saturated carbocycles. The van der Waals surface area contributed by atoms with E-state index in [2.05, 4.69) is 11.8 Å². The highest BCUT2D eigenvalue weighted by Gasteiger charge is 2.36. The first-order valence-corrected chi connectivity index (χ1v) is 3.44. The fourth-order valence-electron chi connectivity index (χ4n) is 0.743. The molecule has 54 valence electrons. The standard InChI is InChI=1S/C8H10O2/c1-3-4-5-7-6(2)8(9)10-7/h6-7H,3H2,1-2H3/t6-,7+/m1/s1. The van der Waals surface area contributed by atoms with Crippen molar-refractivity contribution >= 4 is 5.97 Å². The molecule has 0 bridgehead atoms. The summed E-state index contributed by atoms with van der Waals surface area (Å²) >= 11 is 0. The molecular formula is C8H10O2. The van der Waals surface area contributed by atoms with Gasteiger partial charge in [0.05, 0.1) is 0 Å². The second kappa shape index (κ2) is 2.74. The summed E-state index contributed by atoms with van der Waals surface area (Å²) in [6, 6.07) is 0. The maximum absolute atomic E-state index is 10.5. The quantitative estimate of drug-likeness (QED) is 0.368.